The summed E-state index contributed by atoms with van der Waals surface area (Å²) in [5, 5.41) is 9.63. The zero-order valence-electron chi connectivity index (χ0n) is 15.8. The lowest BCUT2D eigenvalue weighted by Crippen LogP contribution is -2.28. The van der Waals surface area contributed by atoms with E-state index in [4.69, 9.17) is 19.9 Å². The van der Waals surface area contributed by atoms with Crippen molar-refractivity contribution in [2.75, 3.05) is 6.61 Å². The van der Waals surface area contributed by atoms with Crippen LogP contribution in [0, 0.1) is 11.3 Å². The molecule has 0 aliphatic carbocycles. The van der Waals surface area contributed by atoms with E-state index in [0.29, 0.717) is 5.76 Å². The number of hydrogen-bond acceptors (Lipinski definition) is 6. The van der Waals surface area contributed by atoms with E-state index in [-0.39, 0.29) is 29.2 Å². The highest BCUT2D eigenvalue weighted by atomic mass is 16.5. The van der Waals surface area contributed by atoms with Crippen LogP contribution < -0.4 is 10.5 Å². The third-order valence-corrected chi connectivity index (χ3v) is 4.51. The number of allylic oxidation sites excluding steroid dienone is 2. The van der Waals surface area contributed by atoms with Crippen LogP contribution in [0.2, 0.25) is 0 Å². The molecule has 6 heteroatoms. The molecule has 3 rings (SSSR count). The fraction of sp³-hybridized carbons (Fsp3) is 0.333. The van der Waals surface area contributed by atoms with Gasteiger partial charge in [-0.25, -0.2) is 4.79 Å². The summed E-state index contributed by atoms with van der Waals surface area (Å²) in [4.78, 5) is 12.6. The molecule has 0 spiro atoms. The van der Waals surface area contributed by atoms with E-state index in [0.717, 1.165) is 16.9 Å². The Morgan fingerprint density at radius 1 is 1.41 bits per heavy atom. The molecular formula is C21H22N2O4. The van der Waals surface area contributed by atoms with Crippen LogP contribution in [0.25, 0.3) is 6.08 Å². The minimum atomic E-state index is -0.656. The number of carbonyl (C=O) groups excluding carboxylic acids is 1. The number of ether oxygens (including phenoxy) is 3. The van der Waals surface area contributed by atoms with Crippen molar-refractivity contribution < 1.29 is 19.0 Å². The van der Waals surface area contributed by atoms with Crippen LogP contribution in [0.4, 0.5) is 0 Å². The molecule has 0 amide bonds. The summed E-state index contributed by atoms with van der Waals surface area (Å²) in [6.07, 6.45) is 3.94. The summed E-state index contributed by atoms with van der Waals surface area (Å²) >= 11 is 0. The number of benzene rings is 1. The number of carbonyl (C=O) groups is 1. The summed E-state index contributed by atoms with van der Waals surface area (Å²) in [5.41, 5.74) is 7.62. The van der Waals surface area contributed by atoms with Gasteiger partial charge in [0.1, 0.15) is 28.8 Å². The maximum atomic E-state index is 12.6. The van der Waals surface area contributed by atoms with E-state index in [2.05, 4.69) is 6.07 Å². The first-order valence-electron chi connectivity index (χ1n) is 8.75. The summed E-state index contributed by atoms with van der Waals surface area (Å²) < 4.78 is 16.6. The van der Waals surface area contributed by atoms with Crippen molar-refractivity contribution in [3.63, 3.8) is 0 Å². The minimum absolute atomic E-state index is 0.00121. The molecular weight excluding hydrogens is 344 g/mol. The SMILES string of the molecule is CCOC(=O)C1=C(C)OC(N)=C(C#N)C1c1ccc2c(c1)C=CC(C)(C)O2. The van der Waals surface area contributed by atoms with Crippen molar-refractivity contribution in [1.29, 1.82) is 5.26 Å². The molecule has 27 heavy (non-hydrogen) atoms. The molecule has 0 aromatic heterocycles. The monoisotopic (exact) mass is 366 g/mol. The van der Waals surface area contributed by atoms with Crippen molar-refractivity contribution in [3.05, 3.63) is 58.2 Å². The zero-order valence-corrected chi connectivity index (χ0v) is 15.8. The Labute approximate surface area is 158 Å². The molecule has 6 nitrogen and oxygen atoms in total. The maximum absolute atomic E-state index is 12.6. The summed E-state index contributed by atoms with van der Waals surface area (Å²) in [6.45, 7) is 7.54. The van der Waals surface area contributed by atoms with Gasteiger partial charge in [-0.15, -0.1) is 0 Å². The number of esters is 1. The van der Waals surface area contributed by atoms with Gasteiger partial charge >= 0.3 is 5.97 Å². The first-order valence-corrected chi connectivity index (χ1v) is 8.75. The number of fused-ring (bicyclic) bond motifs is 1. The Hall–Kier alpha value is -3.20. The Balaban J connectivity index is 2.12. The Morgan fingerprint density at radius 3 is 2.81 bits per heavy atom. The van der Waals surface area contributed by atoms with Crippen LogP contribution >= 0.6 is 0 Å². The molecule has 1 unspecified atom stereocenters. The van der Waals surface area contributed by atoms with Gasteiger partial charge < -0.3 is 19.9 Å². The van der Waals surface area contributed by atoms with E-state index in [9.17, 15) is 10.1 Å². The van der Waals surface area contributed by atoms with Crippen LogP contribution in [0.5, 0.6) is 5.75 Å². The average molecular weight is 366 g/mol. The average Bonchev–Trinajstić information content (AvgIpc) is 2.60. The first-order chi connectivity index (χ1) is 12.8. The maximum Gasteiger partial charge on any atom is 0.338 e. The van der Waals surface area contributed by atoms with E-state index in [1.165, 1.54) is 0 Å². The molecule has 140 valence electrons. The lowest BCUT2D eigenvalue weighted by atomic mass is 9.82. The van der Waals surface area contributed by atoms with Gasteiger partial charge in [0, 0.05) is 5.56 Å². The molecule has 2 N–H and O–H groups in total. The topological polar surface area (TPSA) is 94.6 Å². The Morgan fingerprint density at radius 2 is 2.15 bits per heavy atom. The summed E-state index contributed by atoms with van der Waals surface area (Å²) in [6, 6.07) is 7.65. The van der Waals surface area contributed by atoms with Crippen molar-refractivity contribution in [2.24, 2.45) is 5.73 Å². The van der Waals surface area contributed by atoms with E-state index >= 15 is 0 Å². The van der Waals surface area contributed by atoms with Crippen LogP contribution in [-0.2, 0) is 14.3 Å². The number of nitriles is 1. The number of hydrogen-bond donors (Lipinski definition) is 1. The zero-order chi connectivity index (χ0) is 19.8. The van der Waals surface area contributed by atoms with Crippen LogP contribution in [0.1, 0.15) is 44.7 Å². The number of nitrogens with two attached hydrogens (primary N) is 1. The first kappa shape index (κ1) is 18.6. The molecule has 0 fully saturated rings. The van der Waals surface area contributed by atoms with Crippen molar-refractivity contribution in [2.45, 2.75) is 39.2 Å². The molecule has 2 aliphatic rings. The van der Waals surface area contributed by atoms with Gasteiger partial charge in [0.2, 0.25) is 5.88 Å². The normalized spacial score (nSPS) is 20.3. The Bertz CT molecular complexity index is 932. The lowest BCUT2D eigenvalue weighted by molar-refractivity contribution is -0.139. The standard InChI is InChI=1S/C21H22N2O4/c1-5-25-20(24)17-12(2)26-19(23)15(11-22)18(17)14-6-7-16-13(10-14)8-9-21(3,4)27-16/h6-10,18H,5,23H2,1-4H3. The minimum Gasteiger partial charge on any atom is -0.483 e. The van der Waals surface area contributed by atoms with Crippen LogP contribution in [0.3, 0.4) is 0 Å². The molecule has 0 radical (unpaired) electrons. The molecule has 0 saturated heterocycles. The molecule has 0 bridgehead atoms. The predicted octanol–water partition coefficient (Wildman–Crippen LogP) is 3.52. The predicted molar refractivity (Wildman–Crippen MR) is 100 cm³/mol. The third-order valence-electron chi connectivity index (χ3n) is 4.51. The van der Waals surface area contributed by atoms with Gasteiger partial charge in [0.25, 0.3) is 0 Å². The Kier molecular flexibility index (Phi) is 4.71. The highest BCUT2D eigenvalue weighted by molar-refractivity contribution is 5.92. The molecule has 1 atom stereocenters. The summed E-state index contributed by atoms with van der Waals surface area (Å²) in [5.74, 6) is -0.103. The number of nitrogens with zero attached hydrogens (tertiary/aromatic N) is 1. The van der Waals surface area contributed by atoms with Crippen LogP contribution in [0.15, 0.2) is 47.1 Å². The lowest BCUT2D eigenvalue weighted by Gasteiger charge is -2.30. The molecule has 2 aliphatic heterocycles. The van der Waals surface area contributed by atoms with E-state index < -0.39 is 11.9 Å². The molecule has 1 aromatic rings. The van der Waals surface area contributed by atoms with Gasteiger partial charge in [0.05, 0.1) is 18.1 Å². The second-order valence-corrected chi connectivity index (χ2v) is 6.95. The highest BCUT2D eigenvalue weighted by Crippen LogP contribution is 2.42. The van der Waals surface area contributed by atoms with Gasteiger partial charge in [0.15, 0.2) is 0 Å². The van der Waals surface area contributed by atoms with Crippen LogP contribution in [-0.4, -0.2) is 18.2 Å². The van der Waals surface area contributed by atoms with Crippen molar-refractivity contribution in [3.8, 4) is 11.8 Å². The number of rotatable bonds is 3. The second kappa shape index (κ2) is 6.84. The molecule has 0 saturated carbocycles. The van der Waals surface area contributed by atoms with E-state index in [1.54, 1.807) is 13.8 Å². The van der Waals surface area contributed by atoms with Gasteiger partial charge in [-0.2, -0.15) is 5.26 Å². The fourth-order valence-electron chi connectivity index (χ4n) is 3.27. The molecule has 1 aromatic carbocycles. The van der Waals surface area contributed by atoms with Gasteiger partial charge in [-0.1, -0.05) is 12.1 Å². The van der Waals surface area contributed by atoms with Crippen molar-refractivity contribution >= 4 is 12.0 Å². The smallest absolute Gasteiger partial charge is 0.338 e. The quantitative estimate of drug-likeness (QED) is 0.823. The highest BCUT2D eigenvalue weighted by Gasteiger charge is 2.36. The second-order valence-electron chi connectivity index (χ2n) is 6.95. The van der Waals surface area contributed by atoms with E-state index in [1.807, 2.05) is 44.2 Å². The third kappa shape index (κ3) is 3.41. The van der Waals surface area contributed by atoms with Gasteiger partial charge in [-0.3, -0.25) is 0 Å². The molecule has 2 heterocycles. The van der Waals surface area contributed by atoms with Crippen molar-refractivity contribution in [1.82, 2.24) is 0 Å². The largest absolute Gasteiger partial charge is 0.483 e. The fourth-order valence-corrected chi connectivity index (χ4v) is 3.27. The van der Waals surface area contributed by atoms with Gasteiger partial charge in [-0.05, 0) is 51.5 Å². The summed E-state index contributed by atoms with van der Waals surface area (Å²) in [7, 11) is 0.